The summed E-state index contributed by atoms with van der Waals surface area (Å²) < 4.78 is 44.2. The molecule has 0 unspecified atom stereocenters. The highest BCUT2D eigenvalue weighted by atomic mass is 79.9. The van der Waals surface area contributed by atoms with Crippen molar-refractivity contribution < 1.29 is 18.6 Å². The van der Waals surface area contributed by atoms with Crippen molar-refractivity contribution in [3.63, 3.8) is 0 Å². The second kappa shape index (κ2) is 12.8. The predicted octanol–water partition coefficient (Wildman–Crippen LogP) is 15.2. The van der Waals surface area contributed by atoms with Gasteiger partial charge in [-0.05, 0) is 134 Å². The molecule has 0 spiro atoms. The van der Waals surface area contributed by atoms with E-state index < -0.39 is 0 Å². The summed E-state index contributed by atoms with van der Waals surface area (Å²) in [6.07, 6.45) is 0. The van der Waals surface area contributed by atoms with Gasteiger partial charge in [0.1, 0.15) is 0 Å². The van der Waals surface area contributed by atoms with E-state index in [2.05, 4.69) is 134 Å². The van der Waals surface area contributed by atoms with Crippen LogP contribution in [0.15, 0.2) is 54.7 Å². The van der Waals surface area contributed by atoms with Crippen molar-refractivity contribution >= 4 is 226 Å². The maximum Gasteiger partial charge on any atom is 0.505 e. The average molecular weight is 1010 g/mol. The molecule has 284 valence electrons. The van der Waals surface area contributed by atoms with Gasteiger partial charge in [-0.1, -0.05) is 0 Å². The molecule has 2 fully saturated rings. The van der Waals surface area contributed by atoms with Gasteiger partial charge in [0.05, 0.1) is 58.2 Å². The van der Waals surface area contributed by atoms with E-state index in [0.29, 0.717) is 0 Å². The van der Waals surface area contributed by atoms with Crippen LogP contribution in [0.25, 0.3) is 79.3 Å². The van der Waals surface area contributed by atoms with Crippen LogP contribution in [0.4, 0.5) is 0 Å². The summed E-state index contributed by atoms with van der Waals surface area (Å²) in [5.41, 5.74) is -1.46. The van der Waals surface area contributed by atoms with Crippen LogP contribution in [0, 0.1) is 0 Å². The fraction of sp³-hybridized carbons (Fsp3) is 0.300. The first kappa shape index (κ1) is 38.0. The van der Waals surface area contributed by atoms with E-state index in [-0.39, 0.29) is 36.6 Å². The van der Waals surface area contributed by atoms with E-state index >= 15 is 0 Å². The second-order valence-electron chi connectivity index (χ2n) is 16.4. The fourth-order valence-corrected chi connectivity index (χ4v) is 18.3. The maximum atomic E-state index is 6.45. The zero-order chi connectivity index (χ0) is 38.8. The monoisotopic (exact) mass is 1010 g/mol. The lowest BCUT2D eigenvalue weighted by molar-refractivity contribution is 0.00578. The topological polar surface area (TPSA) is 36.9 Å². The Morgan fingerprint density at radius 2 is 0.786 bits per heavy atom. The normalized spacial score (nSPS) is 19.1. The molecule has 0 saturated carbocycles. The molecule has 16 heteroatoms. The molecule has 2 aliphatic heterocycles. The lowest BCUT2D eigenvalue weighted by atomic mass is 9.87. The molecule has 0 atom stereocenters. The summed E-state index contributed by atoms with van der Waals surface area (Å²) in [5.74, 6) is 0. The van der Waals surface area contributed by atoms with Gasteiger partial charge in [0.25, 0.3) is 0 Å². The van der Waals surface area contributed by atoms with Crippen LogP contribution in [0.1, 0.15) is 55.4 Å². The van der Waals surface area contributed by atoms with Gasteiger partial charge in [-0.2, -0.15) is 0 Å². The van der Waals surface area contributed by atoms with Gasteiger partial charge in [0, 0.05) is 60.7 Å². The molecule has 4 nitrogen and oxygen atoms in total. The van der Waals surface area contributed by atoms with Crippen molar-refractivity contribution in [3.05, 3.63) is 54.7 Å². The number of thiophene rings is 8. The van der Waals surface area contributed by atoms with Crippen molar-refractivity contribution in [2.45, 2.75) is 77.8 Å². The molecule has 0 bridgehead atoms. The quantitative estimate of drug-likeness (QED) is 0.162. The van der Waals surface area contributed by atoms with E-state index in [9.17, 15) is 0 Å². The Morgan fingerprint density at radius 1 is 0.429 bits per heavy atom. The Bertz CT molecular complexity index is 3210. The van der Waals surface area contributed by atoms with E-state index in [4.69, 9.17) is 18.6 Å². The number of fused-ring (bicyclic) bond motifs is 16. The molecule has 2 aromatic carbocycles. The molecule has 8 aromatic heterocycles. The van der Waals surface area contributed by atoms with E-state index in [1.807, 2.05) is 68.0 Å². The summed E-state index contributed by atoms with van der Waals surface area (Å²) >= 11 is 22.1. The predicted molar refractivity (Wildman–Crippen MR) is 263 cm³/mol. The molecule has 0 radical (unpaired) electrons. The van der Waals surface area contributed by atoms with Gasteiger partial charge in [-0.25, -0.2) is 0 Å². The highest BCUT2D eigenvalue weighted by Crippen LogP contribution is 2.52. The van der Waals surface area contributed by atoms with E-state index in [1.54, 1.807) is 22.7 Å². The second-order valence-corrected chi connectivity index (χ2v) is 27.4. The lowest BCUT2D eigenvalue weighted by Crippen LogP contribution is -2.41. The minimum absolute atomic E-state index is 0.360. The average Bonchev–Trinajstić information content (AvgIpc) is 3.92. The number of hydrogen-bond donors (Lipinski definition) is 0. The minimum Gasteiger partial charge on any atom is -0.399 e. The Balaban J connectivity index is 0.000000152. The van der Waals surface area contributed by atoms with Crippen molar-refractivity contribution in [3.8, 4) is 0 Å². The summed E-state index contributed by atoms with van der Waals surface area (Å²) in [6.45, 7) is 16.9. The molecular formula is C40H32B2Br2O4S8. The standard InChI is InChI=1S/C26H28B2O4S4.C14H4Br2S4/c1-23(2)24(3,4)30-27(29-23)16-11-13-18-19(34-15-9-10-33-22(15)18)14-12-17(36-21(14)20(13)35-16)28-31-25(5,6)26(7,8)32-28;15-8-3-5-10-11(18-7-1-2-17-14(7)10)6-4-9(16)20-13(6)12(5)19-8/h9-12H,1-8H3;1-4H. The van der Waals surface area contributed by atoms with Gasteiger partial charge in [-0.15, -0.1) is 90.7 Å². The van der Waals surface area contributed by atoms with Gasteiger partial charge in [-0.3, -0.25) is 0 Å². The smallest absolute Gasteiger partial charge is 0.399 e. The first-order valence-corrected chi connectivity index (χ1v) is 26.3. The molecule has 2 aliphatic rings. The summed E-state index contributed by atoms with van der Waals surface area (Å²) in [4.78, 5) is 0. The third kappa shape index (κ3) is 5.54. The fourth-order valence-electron chi connectivity index (χ4n) is 7.59. The van der Waals surface area contributed by atoms with Crippen molar-refractivity contribution in [1.29, 1.82) is 0 Å². The third-order valence-electron chi connectivity index (χ3n) is 11.9. The van der Waals surface area contributed by atoms with E-state index in [1.165, 1.54) is 86.9 Å². The number of halogens is 2. The Morgan fingerprint density at radius 3 is 1.27 bits per heavy atom. The highest BCUT2D eigenvalue weighted by molar-refractivity contribution is 9.11. The lowest BCUT2D eigenvalue weighted by Gasteiger charge is -2.32. The molecule has 0 N–H and O–H groups in total. The van der Waals surface area contributed by atoms with Crippen molar-refractivity contribution in [2.24, 2.45) is 0 Å². The van der Waals surface area contributed by atoms with Crippen molar-refractivity contribution in [1.82, 2.24) is 0 Å². The minimum atomic E-state index is -0.366. The SMILES string of the molecule is Brc1cc2c(s1)c1sc(Br)cc1c1c3sccc3sc21.CC1(C)OB(c2cc3c(s2)c2sc(B4OC(C)(C)C(C)(C)O4)cc2c2c4sccc4sc32)OC1(C)C. The summed E-state index contributed by atoms with van der Waals surface area (Å²) in [5, 5.41) is 12.6. The first-order chi connectivity index (χ1) is 26.5. The Labute approximate surface area is 372 Å². The Kier molecular flexibility index (Phi) is 8.68. The van der Waals surface area contributed by atoms with Crippen LogP contribution in [0.3, 0.4) is 0 Å². The Hall–Kier alpha value is -0.950. The van der Waals surface area contributed by atoms with Crippen LogP contribution >= 0.6 is 123 Å². The molecule has 0 amide bonds. The van der Waals surface area contributed by atoms with Gasteiger partial charge >= 0.3 is 14.2 Å². The number of benzene rings is 2. The van der Waals surface area contributed by atoms with E-state index in [0.717, 1.165) is 9.55 Å². The first-order valence-electron chi connectivity index (χ1n) is 18.1. The van der Waals surface area contributed by atoms with Gasteiger partial charge in [0.15, 0.2) is 0 Å². The zero-order valence-electron chi connectivity index (χ0n) is 31.4. The van der Waals surface area contributed by atoms with Crippen LogP contribution in [0.2, 0.25) is 0 Å². The molecule has 0 aliphatic carbocycles. The van der Waals surface area contributed by atoms with Crippen LogP contribution in [-0.2, 0) is 18.6 Å². The number of rotatable bonds is 2. The third-order valence-corrected chi connectivity index (χ3v) is 22.3. The molecule has 2 saturated heterocycles. The van der Waals surface area contributed by atoms with Crippen molar-refractivity contribution in [2.75, 3.05) is 0 Å². The largest absolute Gasteiger partial charge is 0.505 e. The number of hydrogen-bond acceptors (Lipinski definition) is 12. The molecule has 56 heavy (non-hydrogen) atoms. The summed E-state index contributed by atoms with van der Waals surface area (Å²) in [6, 6.07) is 13.6. The zero-order valence-corrected chi connectivity index (χ0v) is 41.1. The van der Waals surface area contributed by atoms with Crippen LogP contribution in [-0.4, -0.2) is 36.6 Å². The molecule has 10 heterocycles. The molecule has 10 aromatic rings. The van der Waals surface area contributed by atoms with Crippen LogP contribution in [0.5, 0.6) is 0 Å². The molecular weight excluding hydrogens is 982 g/mol. The van der Waals surface area contributed by atoms with Crippen LogP contribution < -0.4 is 9.55 Å². The van der Waals surface area contributed by atoms with Gasteiger partial charge < -0.3 is 18.6 Å². The summed E-state index contributed by atoms with van der Waals surface area (Å²) in [7, 11) is -0.724. The molecule has 12 rings (SSSR count). The maximum absolute atomic E-state index is 6.45. The highest BCUT2D eigenvalue weighted by Gasteiger charge is 2.53. The van der Waals surface area contributed by atoms with Gasteiger partial charge in [0.2, 0.25) is 0 Å².